The molecular formula is C18H15FN2O2. The van der Waals surface area contributed by atoms with E-state index in [0.29, 0.717) is 17.1 Å². The maximum atomic E-state index is 13.9. The van der Waals surface area contributed by atoms with Gasteiger partial charge in [0.2, 0.25) is 0 Å². The van der Waals surface area contributed by atoms with Crippen LogP contribution in [0.15, 0.2) is 54.6 Å². The first-order chi connectivity index (χ1) is 11.2. The number of pyridine rings is 1. The van der Waals surface area contributed by atoms with Crippen LogP contribution < -0.4 is 5.32 Å². The standard InChI is InChI=1S/C18H15FN2O2/c1-23-18(22)11-12-10-17(13-6-2-4-8-15(13)20-12)21-16-9-5-3-7-14(16)19/h2-10H,11H2,1H3,(H,20,21). The highest BCUT2D eigenvalue weighted by Gasteiger charge is 2.11. The number of rotatable bonds is 4. The molecule has 0 aliphatic carbocycles. The van der Waals surface area contributed by atoms with E-state index >= 15 is 0 Å². The second-order valence-corrected chi connectivity index (χ2v) is 5.04. The summed E-state index contributed by atoms with van der Waals surface area (Å²) in [5, 5.41) is 3.93. The number of hydrogen-bond acceptors (Lipinski definition) is 4. The number of para-hydroxylation sites is 2. The van der Waals surface area contributed by atoms with Crippen molar-refractivity contribution in [3.63, 3.8) is 0 Å². The zero-order chi connectivity index (χ0) is 16.2. The van der Waals surface area contributed by atoms with Crippen molar-refractivity contribution in [3.05, 3.63) is 66.1 Å². The van der Waals surface area contributed by atoms with Crippen molar-refractivity contribution in [2.75, 3.05) is 12.4 Å². The fourth-order valence-corrected chi connectivity index (χ4v) is 2.35. The number of aromatic nitrogens is 1. The van der Waals surface area contributed by atoms with Gasteiger partial charge in [0.05, 0.1) is 30.4 Å². The normalized spacial score (nSPS) is 10.5. The second-order valence-electron chi connectivity index (χ2n) is 5.04. The molecular weight excluding hydrogens is 295 g/mol. The van der Waals surface area contributed by atoms with Gasteiger partial charge in [-0.2, -0.15) is 0 Å². The molecule has 0 saturated carbocycles. The molecule has 0 aliphatic heterocycles. The average molecular weight is 310 g/mol. The van der Waals surface area contributed by atoms with E-state index in [1.165, 1.54) is 13.2 Å². The molecule has 1 heterocycles. The summed E-state index contributed by atoms with van der Waals surface area (Å²) >= 11 is 0. The highest BCUT2D eigenvalue weighted by atomic mass is 19.1. The molecule has 23 heavy (non-hydrogen) atoms. The molecule has 0 spiro atoms. The highest BCUT2D eigenvalue weighted by molar-refractivity contribution is 5.93. The third-order valence-electron chi connectivity index (χ3n) is 3.47. The van der Waals surface area contributed by atoms with Gasteiger partial charge < -0.3 is 10.1 Å². The Hall–Kier alpha value is -2.95. The van der Waals surface area contributed by atoms with E-state index in [1.54, 1.807) is 24.3 Å². The van der Waals surface area contributed by atoms with Gasteiger partial charge in [0.25, 0.3) is 0 Å². The molecule has 1 aromatic heterocycles. The molecule has 0 aliphatic rings. The Morgan fingerprint density at radius 2 is 1.87 bits per heavy atom. The summed E-state index contributed by atoms with van der Waals surface area (Å²) in [7, 11) is 1.34. The topological polar surface area (TPSA) is 51.2 Å². The predicted molar refractivity (Wildman–Crippen MR) is 87.1 cm³/mol. The van der Waals surface area contributed by atoms with Gasteiger partial charge in [0.15, 0.2) is 0 Å². The SMILES string of the molecule is COC(=O)Cc1cc(Nc2ccccc2F)c2ccccc2n1. The number of benzene rings is 2. The smallest absolute Gasteiger partial charge is 0.311 e. The van der Waals surface area contributed by atoms with Crippen LogP contribution in [0.4, 0.5) is 15.8 Å². The van der Waals surface area contributed by atoms with Crippen LogP contribution in [0.25, 0.3) is 10.9 Å². The molecule has 0 saturated heterocycles. The third-order valence-corrected chi connectivity index (χ3v) is 3.47. The Morgan fingerprint density at radius 3 is 2.65 bits per heavy atom. The number of anilines is 2. The van der Waals surface area contributed by atoms with Crippen LogP contribution in [0.3, 0.4) is 0 Å². The Bertz CT molecular complexity index is 865. The van der Waals surface area contributed by atoms with E-state index in [-0.39, 0.29) is 18.2 Å². The first kappa shape index (κ1) is 15.0. The molecule has 0 atom stereocenters. The van der Waals surface area contributed by atoms with Crippen molar-refractivity contribution in [2.45, 2.75) is 6.42 Å². The summed E-state index contributed by atoms with van der Waals surface area (Å²) in [5.41, 5.74) is 2.36. The first-order valence-corrected chi connectivity index (χ1v) is 7.14. The van der Waals surface area contributed by atoms with E-state index in [9.17, 15) is 9.18 Å². The van der Waals surface area contributed by atoms with Gasteiger partial charge in [0.1, 0.15) is 5.82 Å². The quantitative estimate of drug-likeness (QED) is 0.744. The van der Waals surface area contributed by atoms with Crippen LogP contribution in [0, 0.1) is 5.82 Å². The van der Waals surface area contributed by atoms with Gasteiger partial charge in [-0.1, -0.05) is 30.3 Å². The molecule has 0 radical (unpaired) electrons. The van der Waals surface area contributed by atoms with Gasteiger partial charge in [-0.15, -0.1) is 0 Å². The lowest BCUT2D eigenvalue weighted by atomic mass is 10.1. The zero-order valence-corrected chi connectivity index (χ0v) is 12.5. The predicted octanol–water partition coefficient (Wildman–Crippen LogP) is 3.83. The van der Waals surface area contributed by atoms with E-state index < -0.39 is 0 Å². The Balaban J connectivity index is 2.06. The van der Waals surface area contributed by atoms with Crippen molar-refractivity contribution in [2.24, 2.45) is 0 Å². The number of fused-ring (bicyclic) bond motifs is 1. The van der Waals surface area contributed by atoms with Crippen LogP contribution >= 0.6 is 0 Å². The number of esters is 1. The molecule has 3 aromatic rings. The van der Waals surface area contributed by atoms with Crippen LogP contribution in [0.1, 0.15) is 5.69 Å². The van der Waals surface area contributed by atoms with Crippen molar-refractivity contribution in [1.82, 2.24) is 4.98 Å². The highest BCUT2D eigenvalue weighted by Crippen LogP contribution is 2.27. The number of nitrogens with zero attached hydrogens (tertiary/aromatic N) is 1. The Morgan fingerprint density at radius 1 is 1.13 bits per heavy atom. The van der Waals surface area contributed by atoms with E-state index in [4.69, 9.17) is 0 Å². The zero-order valence-electron chi connectivity index (χ0n) is 12.5. The van der Waals surface area contributed by atoms with Crippen molar-refractivity contribution < 1.29 is 13.9 Å². The second kappa shape index (κ2) is 6.44. The van der Waals surface area contributed by atoms with E-state index in [2.05, 4.69) is 15.0 Å². The van der Waals surface area contributed by atoms with E-state index in [0.717, 1.165) is 10.9 Å². The van der Waals surface area contributed by atoms with Crippen LogP contribution in [-0.2, 0) is 16.0 Å². The van der Waals surface area contributed by atoms with Gasteiger partial charge >= 0.3 is 5.97 Å². The minimum atomic E-state index is -0.371. The maximum absolute atomic E-state index is 13.9. The number of methoxy groups -OCH3 is 1. The molecule has 0 unspecified atom stereocenters. The number of nitrogens with one attached hydrogen (secondary N) is 1. The largest absolute Gasteiger partial charge is 0.469 e. The number of halogens is 1. The molecule has 0 fully saturated rings. The van der Waals surface area contributed by atoms with Crippen molar-refractivity contribution >= 4 is 28.2 Å². The molecule has 1 N–H and O–H groups in total. The molecule has 0 amide bonds. The minimum Gasteiger partial charge on any atom is -0.469 e. The van der Waals surface area contributed by atoms with Gasteiger partial charge in [-0.25, -0.2) is 4.39 Å². The summed E-state index contributed by atoms with van der Waals surface area (Å²) < 4.78 is 18.6. The number of carbonyl (C=O) groups is 1. The molecule has 116 valence electrons. The monoisotopic (exact) mass is 310 g/mol. The maximum Gasteiger partial charge on any atom is 0.311 e. The first-order valence-electron chi connectivity index (χ1n) is 7.14. The van der Waals surface area contributed by atoms with E-state index in [1.807, 2.05) is 24.3 Å². The lowest BCUT2D eigenvalue weighted by Gasteiger charge is -2.12. The summed E-state index contributed by atoms with van der Waals surface area (Å²) in [6.07, 6.45) is 0.0628. The number of carbonyl (C=O) groups excluding carboxylic acids is 1. The average Bonchev–Trinajstić information content (AvgIpc) is 2.57. The van der Waals surface area contributed by atoms with Crippen LogP contribution in [0.5, 0.6) is 0 Å². The lowest BCUT2D eigenvalue weighted by Crippen LogP contribution is -2.07. The fraction of sp³-hybridized carbons (Fsp3) is 0.111. The summed E-state index contributed by atoms with van der Waals surface area (Å²) in [6, 6.07) is 15.7. The Kier molecular flexibility index (Phi) is 4.19. The molecule has 0 bridgehead atoms. The third kappa shape index (κ3) is 3.29. The molecule has 5 heteroatoms. The van der Waals surface area contributed by atoms with Gasteiger partial charge in [-0.3, -0.25) is 9.78 Å². The van der Waals surface area contributed by atoms with Gasteiger partial charge in [-0.05, 0) is 24.3 Å². The summed E-state index contributed by atoms with van der Waals surface area (Å²) in [4.78, 5) is 16.0. The van der Waals surface area contributed by atoms with Crippen LogP contribution in [0.2, 0.25) is 0 Å². The minimum absolute atomic E-state index is 0.0628. The van der Waals surface area contributed by atoms with Gasteiger partial charge in [0, 0.05) is 11.1 Å². The van der Waals surface area contributed by atoms with Crippen molar-refractivity contribution in [1.29, 1.82) is 0 Å². The molecule has 3 rings (SSSR count). The summed E-state index contributed by atoms with van der Waals surface area (Å²) in [5.74, 6) is -0.715. The van der Waals surface area contributed by atoms with Crippen LogP contribution in [-0.4, -0.2) is 18.1 Å². The molecule has 2 aromatic carbocycles. The van der Waals surface area contributed by atoms with Crippen molar-refractivity contribution in [3.8, 4) is 0 Å². The number of hydrogen-bond donors (Lipinski definition) is 1. The lowest BCUT2D eigenvalue weighted by molar-refractivity contribution is -0.139. The molecule has 4 nitrogen and oxygen atoms in total. The summed E-state index contributed by atoms with van der Waals surface area (Å²) in [6.45, 7) is 0. The number of ether oxygens (including phenoxy) is 1. The fourth-order valence-electron chi connectivity index (χ4n) is 2.35. The Labute approximate surface area is 132 Å².